The van der Waals surface area contributed by atoms with Gasteiger partial charge in [0.15, 0.2) is 5.65 Å². The van der Waals surface area contributed by atoms with Crippen LogP contribution in [0.5, 0.6) is 0 Å². The standard InChI is InChI=1S/C13H12N4S/c1-8-3-4-9(2)10(7-8)11-5-6-12-14-15-13(18)17(12)16-11/h3-7H,1-2H3,(H,15,18). The Bertz CT molecular complexity index is 785. The van der Waals surface area contributed by atoms with E-state index in [1.54, 1.807) is 4.52 Å². The van der Waals surface area contributed by atoms with Crippen LogP contribution >= 0.6 is 12.2 Å². The third-order valence-corrected chi connectivity index (χ3v) is 3.21. The molecule has 3 rings (SSSR count). The van der Waals surface area contributed by atoms with Gasteiger partial charge in [0, 0.05) is 5.56 Å². The lowest BCUT2D eigenvalue weighted by molar-refractivity contribution is 0.914. The van der Waals surface area contributed by atoms with E-state index in [0.717, 1.165) is 16.9 Å². The number of nitrogens with zero attached hydrogens (tertiary/aromatic N) is 3. The van der Waals surface area contributed by atoms with Crippen LogP contribution < -0.4 is 0 Å². The summed E-state index contributed by atoms with van der Waals surface area (Å²) >= 11 is 5.14. The Morgan fingerprint density at radius 1 is 1.17 bits per heavy atom. The largest absolute Gasteiger partial charge is 0.250 e. The molecule has 0 atom stereocenters. The highest BCUT2D eigenvalue weighted by atomic mass is 32.1. The van der Waals surface area contributed by atoms with E-state index in [1.165, 1.54) is 11.1 Å². The molecule has 18 heavy (non-hydrogen) atoms. The fraction of sp³-hybridized carbons (Fsp3) is 0.154. The number of hydrogen-bond donors (Lipinski definition) is 1. The highest BCUT2D eigenvalue weighted by molar-refractivity contribution is 7.71. The van der Waals surface area contributed by atoms with Crippen LogP contribution in [0.1, 0.15) is 11.1 Å². The van der Waals surface area contributed by atoms with E-state index in [1.807, 2.05) is 12.1 Å². The maximum absolute atomic E-state index is 5.14. The second-order valence-electron chi connectivity index (χ2n) is 4.34. The summed E-state index contributed by atoms with van der Waals surface area (Å²) in [6.07, 6.45) is 0. The van der Waals surface area contributed by atoms with Gasteiger partial charge in [0.25, 0.3) is 0 Å². The molecular weight excluding hydrogens is 244 g/mol. The average Bonchev–Trinajstić information content (AvgIpc) is 2.74. The molecular formula is C13H12N4S. The Labute approximate surface area is 109 Å². The molecule has 0 aliphatic carbocycles. The van der Waals surface area contributed by atoms with Gasteiger partial charge in [-0.2, -0.15) is 14.7 Å². The summed E-state index contributed by atoms with van der Waals surface area (Å²) in [4.78, 5) is 0. The number of nitrogens with one attached hydrogen (secondary N) is 1. The summed E-state index contributed by atoms with van der Waals surface area (Å²) in [6.45, 7) is 4.15. The monoisotopic (exact) mass is 256 g/mol. The van der Waals surface area contributed by atoms with Crippen molar-refractivity contribution in [1.82, 2.24) is 19.8 Å². The molecule has 1 aromatic carbocycles. The zero-order valence-electron chi connectivity index (χ0n) is 10.1. The highest BCUT2D eigenvalue weighted by Crippen LogP contribution is 2.22. The zero-order chi connectivity index (χ0) is 12.7. The molecule has 0 aliphatic rings. The van der Waals surface area contributed by atoms with Crippen LogP contribution in [-0.4, -0.2) is 19.8 Å². The van der Waals surface area contributed by atoms with Crippen LogP contribution in [0.15, 0.2) is 30.3 Å². The summed E-state index contributed by atoms with van der Waals surface area (Å²) in [6, 6.07) is 10.2. The third kappa shape index (κ3) is 1.73. The van der Waals surface area contributed by atoms with Gasteiger partial charge >= 0.3 is 0 Å². The third-order valence-electron chi connectivity index (χ3n) is 2.94. The predicted octanol–water partition coefficient (Wildman–Crippen LogP) is 3.07. The van der Waals surface area contributed by atoms with E-state index in [9.17, 15) is 0 Å². The van der Waals surface area contributed by atoms with E-state index in [4.69, 9.17) is 12.2 Å². The first-order valence-electron chi connectivity index (χ1n) is 5.67. The van der Waals surface area contributed by atoms with Crippen molar-refractivity contribution in [3.63, 3.8) is 0 Å². The molecule has 3 aromatic rings. The Balaban J connectivity index is 2.28. The van der Waals surface area contributed by atoms with Crippen molar-refractivity contribution in [2.75, 3.05) is 0 Å². The molecule has 0 fully saturated rings. The molecule has 5 heteroatoms. The van der Waals surface area contributed by atoms with Gasteiger partial charge in [-0.1, -0.05) is 17.7 Å². The lowest BCUT2D eigenvalue weighted by Crippen LogP contribution is -1.96. The minimum Gasteiger partial charge on any atom is -0.250 e. The van der Waals surface area contributed by atoms with Crippen molar-refractivity contribution in [2.45, 2.75) is 13.8 Å². The quantitative estimate of drug-likeness (QED) is 0.681. The number of benzene rings is 1. The molecule has 0 amide bonds. The van der Waals surface area contributed by atoms with Crippen LogP contribution in [-0.2, 0) is 0 Å². The molecule has 1 N–H and O–H groups in total. The molecule has 0 bridgehead atoms. The van der Waals surface area contributed by atoms with Gasteiger partial charge in [-0.3, -0.25) is 0 Å². The van der Waals surface area contributed by atoms with Crippen LogP contribution in [0.3, 0.4) is 0 Å². The van der Waals surface area contributed by atoms with E-state index in [-0.39, 0.29) is 0 Å². The first-order valence-corrected chi connectivity index (χ1v) is 6.08. The zero-order valence-corrected chi connectivity index (χ0v) is 11.0. The molecule has 0 aliphatic heterocycles. The van der Waals surface area contributed by atoms with Gasteiger partial charge in [-0.25, -0.2) is 5.10 Å². The molecule has 2 heterocycles. The summed E-state index contributed by atoms with van der Waals surface area (Å²) in [5.74, 6) is 0. The van der Waals surface area contributed by atoms with Gasteiger partial charge < -0.3 is 0 Å². The normalized spacial score (nSPS) is 11.0. The molecule has 2 aromatic heterocycles. The number of aromatic nitrogens is 4. The smallest absolute Gasteiger partial charge is 0.216 e. The summed E-state index contributed by atoms with van der Waals surface area (Å²) in [5.41, 5.74) is 5.17. The number of H-pyrrole nitrogens is 1. The fourth-order valence-electron chi connectivity index (χ4n) is 1.96. The summed E-state index contributed by atoms with van der Waals surface area (Å²) in [7, 11) is 0. The van der Waals surface area contributed by atoms with Crippen LogP contribution in [0, 0.1) is 18.6 Å². The number of fused-ring (bicyclic) bond motifs is 1. The van der Waals surface area contributed by atoms with Gasteiger partial charge in [0.05, 0.1) is 5.69 Å². The van der Waals surface area contributed by atoms with E-state index < -0.39 is 0 Å². The van der Waals surface area contributed by atoms with Crippen molar-refractivity contribution in [2.24, 2.45) is 0 Å². The number of aryl methyl sites for hydroxylation is 2. The van der Waals surface area contributed by atoms with Crippen LogP contribution in [0.25, 0.3) is 16.9 Å². The van der Waals surface area contributed by atoms with Gasteiger partial charge in [0.2, 0.25) is 4.77 Å². The highest BCUT2D eigenvalue weighted by Gasteiger charge is 2.06. The van der Waals surface area contributed by atoms with Gasteiger partial charge in [-0.15, -0.1) is 0 Å². The second kappa shape index (κ2) is 4.03. The molecule has 4 nitrogen and oxygen atoms in total. The average molecular weight is 256 g/mol. The minimum atomic E-state index is 0.511. The first kappa shape index (κ1) is 11.1. The molecule has 0 radical (unpaired) electrons. The number of rotatable bonds is 1. The predicted molar refractivity (Wildman–Crippen MR) is 73.1 cm³/mol. The Hall–Kier alpha value is -2.01. The Morgan fingerprint density at radius 3 is 2.83 bits per heavy atom. The lowest BCUT2D eigenvalue weighted by atomic mass is 10.0. The van der Waals surface area contributed by atoms with Gasteiger partial charge in [0.1, 0.15) is 0 Å². The first-order chi connectivity index (χ1) is 8.65. The summed E-state index contributed by atoms with van der Waals surface area (Å²) in [5, 5.41) is 11.3. The van der Waals surface area contributed by atoms with Gasteiger partial charge in [-0.05, 0) is 49.8 Å². The van der Waals surface area contributed by atoms with Crippen LogP contribution in [0.2, 0.25) is 0 Å². The molecule has 90 valence electrons. The summed E-state index contributed by atoms with van der Waals surface area (Å²) < 4.78 is 2.16. The van der Waals surface area contributed by atoms with Crippen LogP contribution in [0.4, 0.5) is 0 Å². The fourth-order valence-corrected chi connectivity index (χ4v) is 2.14. The molecule has 0 saturated carbocycles. The van der Waals surface area contributed by atoms with E-state index in [2.05, 4.69) is 47.3 Å². The SMILES string of the molecule is Cc1ccc(C)c(-c2ccc3n[nH]c(=S)n3n2)c1. The maximum atomic E-state index is 5.14. The number of hydrogen-bond acceptors (Lipinski definition) is 3. The molecule has 0 unspecified atom stereocenters. The van der Waals surface area contributed by atoms with Crippen molar-refractivity contribution < 1.29 is 0 Å². The Kier molecular flexibility index (Phi) is 2.48. The van der Waals surface area contributed by atoms with Crippen molar-refractivity contribution in [3.05, 3.63) is 46.2 Å². The minimum absolute atomic E-state index is 0.511. The van der Waals surface area contributed by atoms with Crippen molar-refractivity contribution in [1.29, 1.82) is 0 Å². The van der Waals surface area contributed by atoms with Crippen molar-refractivity contribution >= 4 is 17.9 Å². The number of aromatic amines is 1. The topological polar surface area (TPSA) is 46.0 Å². The van der Waals surface area contributed by atoms with Crippen molar-refractivity contribution in [3.8, 4) is 11.3 Å². The molecule has 0 saturated heterocycles. The lowest BCUT2D eigenvalue weighted by Gasteiger charge is -2.06. The van der Waals surface area contributed by atoms with E-state index in [0.29, 0.717) is 4.77 Å². The maximum Gasteiger partial charge on any atom is 0.216 e. The second-order valence-corrected chi connectivity index (χ2v) is 4.72. The Morgan fingerprint density at radius 2 is 2.00 bits per heavy atom. The van der Waals surface area contributed by atoms with E-state index >= 15 is 0 Å². The molecule has 0 spiro atoms.